The minimum atomic E-state index is -0.627. The molecule has 0 aromatic carbocycles. The van der Waals surface area contributed by atoms with Gasteiger partial charge >= 0.3 is 11.9 Å². The molecule has 0 unspecified atom stereocenters. The van der Waals surface area contributed by atoms with E-state index in [9.17, 15) is 14.4 Å². The lowest BCUT2D eigenvalue weighted by Gasteiger charge is -2.37. The number of hydrogen-bond donors (Lipinski definition) is 0. The van der Waals surface area contributed by atoms with Gasteiger partial charge in [0.05, 0.1) is 12.8 Å². The third-order valence-corrected chi connectivity index (χ3v) is 10.7. The van der Waals surface area contributed by atoms with Crippen LogP contribution in [0.4, 0.5) is 0 Å². The average Bonchev–Trinajstić information content (AvgIpc) is 3.33. The molecular weight excluding hydrogens is 681 g/mol. The molecule has 0 N–H and O–H groups in total. The Morgan fingerprint density at radius 3 is 1.64 bits per heavy atom. The molecule has 5 nitrogen and oxygen atoms in total. The van der Waals surface area contributed by atoms with E-state index in [4.69, 9.17) is 22.3 Å². The Hall–Kier alpha value is -4.87. The van der Waals surface area contributed by atoms with Gasteiger partial charge in [-0.15, -0.1) is 24.7 Å². The molecule has 0 aromatic heterocycles. The van der Waals surface area contributed by atoms with E-state index in [0.717, 1.165) is 35.1 Å². The van der Waals surface area contributed by atoms with Crippen LogP contribution in [0.3, 0.4) is 0 Å². The Morgan fingerprint density at radius 1 is 0.655 bits per heavy atom. The van der Waals surface area contributed by atoms with Crippen LogP contribution in [0, 0.1) is 40.9 Å². The Bertz CT molecular complexity index is 1790. The number of esters is 2. The summed E-state index contributed by atoms with van der Waals surface area (Å²) in [6, 6.07) is 0. The Balaban J connectivity index is 1.91. The third kappa shape index (κ3) is 15.4. The molecule has 5 heteroatoms. The van der Waals surface area contributed by atoms with Crippen LogP contribution in [0.15, 0.2) is 119 Å². The van der Waals surface area contributed by atoms with Gasteiger partial charge in [-0.05, 0) is 76.4 Å². The standard InChI is InChI=1S/C50H64O5/c1-13-15-27-46(52)54-42-33-41(7)44(48(8,9)34-42)31-29-39(5)25-19-23-37(3)21-17-18-22-38(4)24-20-26-40(6)30-32-45(51)50(12)36-43(35-49(50,10)11)55-47(53)28-16-14-2/h1-2,17-26,29-32,42-43H,15-16,27-28,33-36H2,3-12H3/b18-17+,23-19+,24-20+,31-29+,32-30+,37-21+,38-22+,39-25+,40-26+/t42-,43+,50+/m1/s1. The van der Waals surface area contributed by atoms with Crippen LogP contribution in [-0.2, 0) is 23.9 Å². The first-order valence-electron chi connectivity index (χ1n) is 19.4. The maximum Gasteiger partial charge on any atom is 0.307 e. The highest BCUT2D eigenvalue weighted by Crippen LogP contribution is 2.54. The lowest BCUT2D eigenvalue weighted by atomic mass is 9.66. The van der Waals surface area contributed by atoms with Crippen LogP contribution in [0.1, 0.15) is 121 Å². The van der Waals surface area contributed by atoms with Crippen molar-refractivity contribution in [3.63, 3.8) is 0 Å². The highest BCUT2D eigenvalue weighted by molar-refractivity contribution is 5.96. The highest BCUT2D eigenvalue weighted by atomic mass is 16.5. The molecule has 2 rings (SSSR count). The minimum absolute atomic E-state index is 0.0419. The second kappa shape index (κ2) is 21.9. The van der Waals surface area contributed by atoms with E-state index in [1.807, 2.05) is 57.2 Å². The fourth-order valence-electron chi connectivity index (χ4n) is 7.13. The number of terminal acetylenes is 2. The van der Waals surface area contributed by atoms with Gasteiger partial charge in [-0.2, -0.15) is 0 Å². The molecule has 2 aliphatic carbocycles. The van der Waals surface area contributed by atoms with E-state index < -0.39 is 5.41 Å². The molecule has 55 heavy (non-hydrogen) atoms. The van der Waals surface area contributed by atoms with Crippen molar-refractivity contribution in [2.75, 3.05) is 0 Å². The van der Waals surface area contributed by atoms with Gasteiger partial charge in [-0.1, -0.05) is 141 Å². The first kappa shape index (κ1) is 46.3. The van der Waals surface area contributed by atoms with Gasteiger partial charge in [0.1, 0.15) is 12.2 Å². The Kier molecular flexibility index (Phi) is 18.4. The zero-order chi connectivity index (χ0) is 41.2. The number of carbonyl (C=O) groups excluding carboxylic acids is 3. The summed E-state index contributed by atoms with van der Waals surface area (Å²) in [6.07, 6.45) is 42.3. The topological polar surface area (TPSA) is 69.7 Å². The summed E-state index contributed by atoms with van der Waals surface area (Å²) in [5.74, 6) is 4.49. The van der Waals surface area contributed by atoms with E-state index >= 15 is 0 Å². The molecule has 0 spiro atoms. The van der Waals surface area contributed by atoms with E-state index in [0.29, 0.717) is 25.7 Å². The highest BCUT2D eigenvalue weighted by Gasteiger charge is 2.54. The number of rotatable bonds is 17. The van der Waals surface area contributed by atoms with Crippen molar-refractivity contribution in [1.29, 1.82) is 0 Å². The van der Waals surface area contributed by atoms with Crippen molar-refractivity contribution in [2.45, 2.75) is 133 Å². The summed E-state index contributed by atoms with van der Waals surface area (Å²) in [6.45, 7) is 20.8. The van der Waals surface area contributed by atoms with Gasteiger partial charge in [0.2, 0.25) is 0 Å². The van der Waals surface area contributed by atoms with Gasteiger partial charge in [-0.3, -0.25) is 14.4 Å². The van der Waals surface area contributed by atoms with E-state index in [1.54, 1.807) is 6.08 Å². The van der Waals surface area contributed by atoms with Crippen LogP contribution in [0.25, 0.3) is 0 Å². The second-order valence-electron chi connectivity index (χ2n) is 16.5. The monoisotopic (exact) mass is 744 g/mol. The number of ether oxygens (including phenoxy) is 2. The second-order valence-corrected chi connectivity index (χ2v) is 16.5. The van der Waals surface area contributed by atoms with Crippen LogP contribution in [0.5, 0.6) is 0 Å². The van der Waals surface area contributed by atoms with Crippen molar-refractivity contribution in [2.24, 2.45) is 16.2 Å². The maximum atomic E-state index is 13.4. The SMILES string of the molecule is C#CCCC(=O)O[C@@H]1CC(C)=C(/C=C/C(C)=C/C=C/C(C)=C/C=C/C=C(C)/C=C/C=C(C)/C=C/C(=O)[C@]2(C)C[C@@H](OC(=O)CCC#C)CC2(C)C)C(C)(C)C1. The molecule has 2 aliphatic rings. The molecule has 0 aliphatic heterocycles. The Morgan fingerprint density at radius 2 is 1.13 bits per heavy atom. The lowest BCUT2D eigenvalue weighted by molar-refractivity contribution is -0.151. The summed E-state index contributed by atoms with van der Waals surface area (Å²) < 4.78 is 11.4. The summed E-state index contributed by atoms with van der Waals surface area (Å²) in [7, 11) is 0. The van der Waals surface area contributed by atoms with Crippen molar-refractivity contribution < 1.29 is 23.9 Å². The predicted octanol–water partition coefficient (Wildman–Crippen LogP) is 11.7. The molecule has 0 heterocycles. The fraction of sp³-hybridized carbons (Fsp3) is 0.460. The number of hydrogen-bond acceptors (Lipinski definition) is 5. The van der Waals surface area contributed by atoms with Crippen LogP contribution >= 0.6 is 0 Å². The molecule has 0 radical (unpaired) electrons. The first-order chi connectivity index (χ1) is 25.8. The summed E-state index contributed by atoms with van der Waals surface area (Å²) in [4.78, 5) is 37.6. The molecule has 1 fully saturated rings. The average molecular weight is 745 g/mol. The molecule has 0 saturated heterocycles. The molecule has 3 atom stereocenters. The number of ketones is 1. The molecule has 1 saturated carbocycles. The molecule has 0 aromatic rings. The largest absolute Gasteiger partial charge is 0.462 e. The number of carbonyl (C=O) groups is 3. The van der Waals surface area contributed by atoms with Crippen molar-refractivity contribution in [1.82, 2.24) is 0 Å². The van der Waals surface area contributed by atoms with Crippen molar-refractivity contribution in [3.8, 4) is 24.7 Å². The summed E-state index contributed by atoms with van der Waals surface area (Å²) >= 11 is 0. The van der Waals surface area contributed by atoms with E-state index in [1.165, 1.54) is 11.1 Å². The van der Waals surface area contributed by atoms with Gasteiger partial charge in [0, 0.05) is 24.7 Å². The smallest absolute Gasteiger partial charge is 0.307 e. The normalized spacial score (nSPS) is 23.6. The minimum Gasteiger partial charge on any atom is -0.462 e. The molecule has 294 valence electrons. The molecule has 0 bridgehead atoms. The van der Waals surface area contributed by atoms with Crippen LogP contribution in [0.2, 0.25) is 0 Å². The van der Waals surface area contributed by atoms with Gasteiger partial charge in [0.25, 0.3) is 0 Å². The maximum absolute atomic E-state index is 13.4. The fourth-order valence-corrected chi connectivity index (χ4v) is 7.13. The zero-order valence-corrected chi connectivity index (χ0v) is 35.1. The van der Waals surface area contributed by atoms with E-state index in [2.05, 4.69) is 103 Å². The first-order valence-corrected chi connectivity index (χ1v) is 19.4. The summed E-state index contributed by atoms with van der Waals surface area (Å²) in [5.41, 5.74) is 5.84. The zero-order valence-electron chi connectivity index (χ0n) is 35.1. The third-order valence-electron chi connectivity index (χ3n) is 10.7. The van der Waals surface area contributed by atoms with Gasteiger partial charge < -0.3 is 9.47 Å². The molecule has 0 amide bonds. The van der Waals surface area contributed by atoms with Crippen molar-refractivity contribution >= 4 is 17.7 Å². The quantitative estimate of drug-likeness (QED) is 0.0642. The number of allylic oxidation sites excluding steroid dienone is 19. The predicted molar refractivity (Wildman–Crippen MR) is 228 cm³/mol. The van der Waals surface area contributed by atoms with Gasteiger partial charge in [-0.25, -0.2) is 0 Å². The van der Waals surface area contributed by atoms with Crippen molar-refractivity contribution in [3.05, 3.63) is 119 Å². The lowest BCUT2D eigenvalue weighted by Crippen LogP contribution is -2.36. The van der Waals surface area contributed by atoms with Crippen LogP contribution in [-0.4, -0.2) is 29.9 Å². The van der Waals surface area contributed by atoms with Crippen LogP contribution < -0.4 is 0 Å². The molecular formula is C50H64O5. The Labute approximate surface area is 332 Å². The summed E-state index contributed by atoms with van der Waals surface area (Å²) in [5, 5.41) is 0. The van der Waals surface area contributed by atoms with Gasteiger partial charge in [0.15, 0.2) is 5.78 Å². The van der Waals surface area contributed by atoms with E-state index in [-0.39, 0.29) is 53.6 Å².